The van der Waals surface area contributed by atoms with Gasteiger partial charge >= 0.3 is 0 Å². The number of hydrogen-bond donors (Lipinski definition) is 1. The number of benzene rings is 1. The number of ether oxygens (including phenoxy) is 2. The van der Waals surface area contributed by atoms with Crippen molar-refractivity contribution in [1.82, 2.24) is 9.88 Å². The molecule has 1 aromatic heterocycles. The molecule has 1 atom stereocenters. The molecule has 1 fully saturated rings. The molecule has 1 saturated heterocycles. The summed E-state index contributed by atoms with van der Waals surface area (Å²) in [5.74, 6) is 1.20. The van der Waals surface area contributed by atoms with Crippen molar-refractivity contribution in [2.75, 3.05) is 26.9 Å². The van der Waals surface area contributed by atoms with Gasteiger partial charge in [0.05, 0.1) is 19.3 Å². The van der Waals surface area contributed by atoms with Crippen molar-refractivity contribution in [1.29, 1.82) is 0 Å². The number of amides is 1. The van der Waals surface area contributed by atoms with Crippen LogP contribution in [0.5, 0.6) is 5.75 Å². The van der Waals surface area contributed by atoms with Crippen LogP contribution < -0.4 is 10.1 Å². The van der Waals surface area contributed by atoms with E-state index in [1.54, 1.807) is 7.11 Å². The van der Waals surface area contributed by atoms with Crippen LogP contribution in [0.1, 0.15) is 34.6 Å². The summed E-state index contributed by atoms with van der Waals surface area (Å²) in [6, 6.07) is 9.81. The van der Waals surface area contributed by atoms with E-state index in [-0.39, 0.29) is 5.91 Å². The van der Waals surface area contributed by atoms with E-state index in [0.29, 0.717) is 12.5 Å². The van der Waals surface area contributed by atoms with Gasteiger partial charge in [0.1, 0.15) is 5.75 Å². The van der Waals surface area contributed by atoms with Gasteiger partial charge in [0.2, 0.25) is 0 Å². The van der Waals surface area contributed by atoms with Crippen LogP contribution >= 0.6 is 0 Å². The van der Waals surface area contributed by atoms with Crippen LogP contribution in [0, 0.1) is 19.8 Å². The molecule has 5 nitrogen and oxygen atoms in total. The number of methoxy groups -OCH3 is 1. The number of carbonyl (C=O) groups is 1. The average molecular weight is 342 g/mol. The molecular weight excluding hydrogens is 316 g/mol. The summed E-state index contributed by atoms with van der Waals surface area (Å²) in [6.07, 6.45) is 2.19. The maximum Gasteiger partial charge on any atom is 0.253 e. The van der Waals surface area contributed by atoms with Gasteiger partial charge in [-0.1, -0.05) is 6.07 Å². The summed E-state index contributed by atoms with van der Waals surface area (Å²) in [5, 5.41) is 3.07. The van der Waals surface area contributed by atoms with Gasteiger partial charge < -0.3 is 19.4 Å². The number of aromatic nitrogens is 1. The minimum Gasteiger partial charge on any atom is -0.497 e. The maximum atomic E-state index is 12.6. The number of nitrogens with one attached hydrogen (secondary N) is 1. The third-order valence-electron chi connectivity index (χ3n) is 4.79. The molecule has 1 N–H and O–H groups in total. The smallest absolute Gasteiger partial charge is 0.253 e. The van der Waals surface area contributed by atoms with E-state index < -0.39 is 0 Å². The van der Waals surface area contributed by atoms with E-state index in [9.17, 15) is 4.79 Å². The molecule has 0 bridgehead atoms. The molecule has 0 saturated carbocycles. The van der Waals surface area contributed by atoms with Crippen LogP contribution in [-0.2, 0) is 4.74 Å². The zero-order chi connectivity index (χ0) is 17.8. The molecule has 3 rings (SSSR count). The lowest BCUT2D eigenvalue weighted by Gasteiger charge is -2.22. The van der Waals surface area contributed by atoms with Crippen molar-refractivity contribution >= 4 is 5.91 Å². The second-order valence-corrected chi connectivity index (χ2v) is 6.61. The summed E-state index contributed by atoms with van der Waals surface area (Å²) < 4.78 is 12.9. The highest BCUT2D eigenvalue weighted by molar-refractivity contribution is 5.95. The second-order valence-electron chi connectivity index (χ2n) is 6.61. The van der Waals surface area contributed by atoms with E-state index in [4.69, 9.17) is 9.47 Å². The van der Waals surface area contributed by atoms with E-state index in [0.717, 1.165) is 54.4 Å². The lowest BCUT2D eigenvalue weighted by Crippen LogP contribution is -2.33. The Labute approximate surface area is 148 Å². The van der Waals surface area contributed by atoms with Crippen molar-refractivity contribution in [2.45, 2.75) is 26.7 Å². The highest BCUT2D eigenvalue weighted by Crippen LogP contribution is 2.24. The van der Waals surface area contributed by atoms with Gasteiger partial charge in [0.25, 0.3) is 5.91 Å². The number of hydrogen-bond acceptors (Lipinski definition) is 3. The van der Waals surface area contributed by atoms with Gasteiger partial charge in [-0.15, -0.1) is 0 Å². The summed E-state index contributed by atoms with van der Waals surface area (Å²) in [5.41, 5.74) is 3.67. The molecule has 5 heteroatoms. The monoisotopic (exact) mass is 342 g/mol. The van der Waals surface area contributed by atoms with Crippen molar-refractivity contribution in [3.63, 3.8) is 0 Å². The molecule has 0 aliphatic carbocycles. The first-order valence-electron chi connectivity index (χ1n) is 8.79. The zero-order valence-electron chi connectivity index (χ0n) is 15.2. The molecule has 2 aromatic rings. The van der Waals surface area contributed by atoms with Crippen molar-refractivity contribution in [2.24, 2.45) is 5.92 Å². The Bertz CT molecular complexity index is 745. The number of carbonyl (C=O) groups excluding carboxylic acids is 1. The summed E-state index contributed by atoms with van der Waals surface area (Å²) >= 11 is 0. The topological polar surface area (TPSA) is 52.5 Å². The molecule has 25 heavy (non-hydrogen) atoms. The average Bonchev–Trinajstić information content (AvgIpc) is 2.95. The van der Waals surface area contributed by atoms with E-state index in [1.165, 1.54) is 0 Å². The van der Waals surface area contributed by atoms with Gasteiger partial charge in [-0.05, 0) is 50.8 Å². The van der Waals surface area contributed by atoms with Crippen molar-refractivity contribution < 1.29 is 14.3 Å². The highest BCUT2D eigenvalue weighted by atomic mass is 16.5. The molecule has 1 aliphatic rings. The predicted octanol–water partition coefficient (Wildman–Crippen LogP) is 3.26. The fourth-order valence-corrected chi connectivity index (χ4v) is 3.44. The van der Waals surface area contributed by atoms with Gasteiger partial charge in [-0.25, -0.2) is 0 Å². The Morgan fingerprint density at radius 2 is 2.20 bits per heavy atom. The van der Waals surface area contributed by atoms with Crippen LogP contribution in [0.25, 0.3) is 5.69 Å². The fourth-order valence-electron chi connectivity index (χ4n) is 3.44. The van der Waals surface area contributed by atoms with Crippen LogP contribution in [0.2, 0.25) is 0 Å². The largest absolute Gasteiger partial charge is 0.497 e. The Morgan fingerprint density at radius 3 is 2.92 bits per heavy atom. The molecule has 0 radical (unpaired) electrons. The first-order valence-corrected chi connectivity index (χ1v) is 8.79. The Balaban J connectivity index is 1.77. The maximum absolute atomic E-state index is 12.6. The lowest BCUT2D eigenvalue weighted by atomic mass is 10.0. The molecule has 2 heterocycles. The minimum absolute atomic E-state index is 0.0205. The molecule has 134 valence electrons. The van der Waals surface area contributed by atoms with Crippen molar-refractivity contribution in [3.05, 3.63) is 47.3 Å². The van der Waals surface area contributed by atoms with Gasteiger partial charge in [0, 0.05) is 36.3 Å². The third kappa shape index (κ3) is 3.87. The molecule has 0 unspecified atom stereocenters. The van der Waals surface area contributed by atoms with Crippen LogP contribution in [0.15, 0.2) is 30.3 Å². The van der Waals surface area contributed by atoms with Gasteiger partial charge in [0.15, 0.2) is 0 Å². The van der Waals surface area contributed by atoms with E-state index in [1.807, 2.05) is 44.2 Å². The first-order chi connectivity index (χ1) is 12.1. The standard InChI is InChI=1S/C20H26N2O3/c1-14-10-19(20(23)21-12-16-6-5-9-25-13-16)15(2)22(14)17-7-4-8-18(11-17)24-3/h4,7-8,10-11,16H,5-6,9,12-13H2,1-3H3,(H,21,23)/t16-/m1/s1. The van der Waals surface area contributed by atoms with Crippen LogP contribution in [0.3, 0.4) is 0 Å². The third-order valence-corrected chi connectivity index (χ3v) is 4.79. The van der Waals surface area contributed by atoms with Crippen molar-refractivity contribution in [3.8, 4) is 11.4 Å². The number of rotatable bonds is 5. The summed E-state index contributed by atoms with van der Waals surface area (Å²) in [7, 11) is 1.66. The first kappa shape index (κ1) is 17.5. The minimum atomic E-state index is -0.0205. The van der Waals surface area contributed by atoms with Crippen LogP contribution in [-0.4, -0.2) is 37.3 Å². The normalized spacial score (nSPS) is 17.3. The molecular formula is C20H26N2O3. The Kier molecular flexibility index (Phi) is 5.43. The van der Waals surface area contributed by atoms with E-state index in [2.05, 4.69) is 9.88 Å². The second kappa shape index (κ2) is 7.74. The lowest BCUT2D eigenvalue weighted by molar-refractivity contribution is 0.0536. The number of aryl methyl sites for hydroxylation is 1. The molecule has 1 aromatic carbocycles. The van der Waals surface area contributed by atoms with Crippen LogP contribution in [0.4, 0.5) is 0 Å². The fraction of sp³-hybridized carbons (Fsp3) is 0.450. The number of nitrogens with zero attached hydrogens (tertiary/aromatic N) is 1. The zero-order valence-corrected chi connectivity index (χ0v) is 15.2. The van der Waals surface area contributed by atoms with E-state index >= 15 is 0 Å². The van der Waals surface area contributed by atoms with Gasteiger partial charge in [-0.2, -0.15) is 0 Å². The SMILES string of the molecule is COc1cccc(-n2c(C)cc(C(=O)NC[C@H]3CCCOC3)c2C)c1. The Morgan fingerprint density at radius 1 is 1.36 bits per heavy atom. The summed E-state index contributed by atoms with van der Waals surface area (Å²) in [4.78, 5) is 12.6. The Hall–Kier alpha value is -2.27. The quantitative estimate of drug-likeness (QED) is 0.907. The molecule has 1 amide bonds. The predicted molar refractivity (Wildman–Crippen MR) is 97.7 cm³/mol. The molecule has 1 aliphatic heterocycles. The molecule has 0 spiro atoms. The van der Waals surface area contributed by atoms with Gasteiger partial charge in [-0.3, -0.25) is 4.79 Å². The summed E-state index contributed by atoms with van der Waals surface area (Å²) in [6.45, 7) is 6.24. The highest BCUT2D eigenvalue weighted by Gasteiger charge is 2.19.